The predicted octanol–water partition coefficient (Wildman–Crippen LogP) is 1.49. The number of nitrogens with zero attached hydrogens (tertiary/aromatic N) is 1. The molecule has 0 saturated heterocycles. The molecule has 0 aromatic carbocycles. The molecule has 26 valence electrons. The molecule has 0 saturated carbocycles. The summed E-state index contributed by atoms with van der Waals surface area (Å²) < 4.78 is 5.75. The van der Waals surface area contributed by atoms with Gasteiger partial charge in [-0.05, 0) is 0 Å². The highest BCUT2D eigenvalue weighted by molar-refractivity contribution is 7.22. The summed E-state index contributed by atoms with van der Waals surface area (Å²) in [5.41, 5.74) is 1.81. The van der Waals surface area contributed by atoms with E-state index in [0.717, 1.165) is 0 Å². The summed E-state index contributed by atoms with van der Waals surface area (Å²) in [6.45, 7) is 0. The summed E-state index contributed by atoms with van der Waals surface area (Å²) in [5, 5.41) is 0. The highest BCUT2D eigenvalue weighted by atomic mass is 32.2. The smallest absolute Gasteiger partial charge is 0.0576 e. The van der Waals surface area contributed by atoms with Crippen LogP contribution >= 0.6 is 22.9 Å². The van der Waals surface area contributed by atoms with Gasteiger partial charge in [-0.15, -0.1) is 0 Å². The van der Waals surface area contributed by atoms with Crippen LogP contribution in [0.2, 0.25) is 0 Å². The minimum absolute atomic E-state index is 1.48. The van der Waals surface area contributed by atoms with E-state index in [4.69, 9.17) is 0 Å². The average molecular weight is 104 g/mol. The second-order valence-corrected chi connectivity index (χ2v) is 2.22. The van der Waals surface area contributed by atoms with E-state index >= 15 is 0 Å². The highest BCUT2D eigenvalue weighted by Gasteiger charge is 1.79. The standard InChI is InChI=1S/C2H2NS2/c1-3-5-2-4-1/h1-2H/q+1. The highest BCUT2D eigenvalue weighted by Crippen LogP contribution is 1.94. The van der Waals surface area contributed by atoms with E-state index in [0.29, 0.717) is 0 Å². The van der Waals surface area contributed by atoms with E-state index in [-0.39, 0.29) is 0 Å². The van der Waals surface area contributed by atoms with Crippen LogP contribution in [0.4, 0.5) is 0 Å². The predicted molar refractivity (Wildman–Crippen MR) is 24.4 cm³/mol. The molecule has 1 aromatic rings. The lowest BCUT2D eigenvalue weighted by atomic mass is 11.7. The van der Waals surface area contributed by atoms with Crippen molar-refractivity contribution in [2.75, 3.05) is 0 Å². The van der Waals surface area contributed by atoms with Crippen molar-refractivity contribution < 1.29 is 0 Å². The Balaban J connectivity index is 3.13. The fourth-order valence-corrected chi connectivity index (χ4v) is 1.12. The molecule has 0 fully saturated rings. The van der Waals surface area contributed by atoms with Gasteiger partial charge in [0.15, 0.2) is 0 Å². The van der Waals surface area contributed by atoms with Crippen molar-refractivity contribution >= 4 is 22.9 Å². The Morgan fingerprint density at radius 3 is 3.00 bits per heavy atom. The van der Waals surface area contributed by atoms with Crippen LogP contribution in [0.3, 0.4) is 0 Å². The average Bonchev–Trinajstić information content (AvgIpc) is 1.76. The van der Waals surface area contributed by atoms with Gasteiger partial charge >= 0.3 is 0 Å². The Morgan fingerprint density at radius 1 is 1.80 bits per heavy atom. The quantitative estimate of drug-likeness (QED) is 0.454. The fraction of sp³-hybridized carbons (Fsp3) is 0. The molecule has 0 aliphatic heterocycles. The zero-order valence-electron chi connectivity index (χ0n) is 2.42. The molecule has 0 atom stereocenters. The number of hydrogen-bond donors (Lipinski definition) is 0. The molecule has 0 aliphatic carbocycles. The van der Waals surface area contributed by atoms with Gasteiger partial charge < -0.3 is 0 Å². The molecule has 0 unspecified atom stereocenters. The van der Waals surface area contributed by atoms with E-state index < -0.39 is 0 Å². The van der Waals surface area contributed by atoms with Gasteiger partial charge in [0, 0.05) is 0 Å². The Kier molecular flexibility index (Phi) is 0.907. The van der Waals surface area contributed by atoms with E-state index in [1.165, 1.54) is 11.5 Å². The molecule has 1 nitrogen and oxygen atoms in total. The SMILES string of the molecule is c1nsc[s+]1. The molecule has 0 radical (unpaired) electrons. The Bertz CT molecular complexity index is 64.1. The first-order valence-electron chi connectivity index (χ1n) is 1.15. The molecule has 0 amide bonds. The van der Waals surface area contributed by atoms with Crippen molar-refractivity contribution in [3.8, 4) is 0 Å². The van der Waals surface area contributed by atoms with Gasteiger partial charge in [0.2, 0.25) is 17.0 Å². The van der Waals surface area contributed by atoms with E-state index in [1.807, 2.05) is 10.2 Å². The van der Waals surface area contributed by atoms with Crippen molar-refractivity contribution in [1.29, 1.82) is 0 Å². The van der Waals surface area contributed by atoms with Gasteiger partial charge in [0.1, 0.15) is 11.3 Å². The van der Waals surface area contributed by atoms with Crippen LogP contribution in [0.15, 0.2) is 10.2 Å². The van der Waals surface area contributed by atoms with Crippen molar-refractivity contribution in [3.63, 3.8) is 0 Å². The van der Waals surface area contributed by atoms with Gasteiger partial charge in [0.05, 0.1) is 0 Å². The zero-order chi connectivity index (χ0) is 3.54. The topological polar surface area (TPSA) is 12.9 Å². The molecule has 5 heavy (non-hydrogen) atoms. The lowest BCUT2D eigenvalue weighted by Crippen LogP contribution is -1.29. The minimum Gasteiger partial charge on any atom is -0.0576 e. The maximum absolute atomic E-state index is 3.78. The largest absolute Gasteiger partial charge is 0.267 e. The fourth-order valence-electron chi connectivity index (χ4n) is 0.124. The van der Waals surface area contributed by atoms with Gasteiger partial charge in [-0.3, -0.25) is 0 Å². The van der Waals surface area contributed by atoms with Crippen LogP contribution in [-0.2, 0) is 0 Å². The van der Waals surface area contributed by atoms with Gasteiger partial charge in [0.25, 0.3) is 4.69 Å². The summed E-state index contributed by atoms with van der Waals surface area (Å²) in [7, 11) is 0. The first-order valence-corrected chi connectivity index (χ1v) is 2.93. The molecular formula is C2H2NS2+. The van der Waals surface area contributed by atoms with Crippen LogP contribution in [0, 0.1) is 0 Å². The molecular weight excluding hydrogens is 102 g/mol. The van der Waals surface area contributed by atoms with Crippen LogP contribution in [0.25, 0.3) is 0 Å². The van der Waals surface area contributed by atoms with Crippen molar-refractivity contribution in [1.82, 2.24) is 4.37 Å². The second-order valence-electron chi connectivity index (χ2n) is 0.549. The summed E-state index contributed by atoms with van der Waals surface area (Å²) in [6.07, 6.45) is 0. The van der Waals surface area contributed by atoms with Gasteiger partial charge in [-0.1, -0.05) is 4.37 Å². The minimum atomic E-state index is 1.48. The van der Waals surface area contributed by atoms with Gasteiger partial charge in [-0.25, -0.2) is 0 Å². The molecule has 0 N–H and O–H groups in total. The summed E-state index contributed by atoms with van der Waals surface area (Å²) in [4.78, 5) is 0. The third-order valence-electron chi connectivity index (χ3n) is 0.263. The zero-order valence-corrected chi connectivity index (χ0v) is 4.05. The summed E-state index contributed by atoms with van der Waals surface area (Å²) in [5.74, 6) is 0. The lowest BCUT2D eigenvalue weighted by molar-refractivity contribution is 1.64. The first kappa shape index (κ1) is 3.18. The molecule has 3 heteroatoms. The molecule has 1 heterocycles. The Hall–Kier alpha value is -0.0200. The molecule has 0 aliphatic rings. The van der Waals surface area contributed by atoms with Crippen molar-refractivity contribution in [2.45, 2.75) is 0 Å². The van der Waals surface area contributed by atoms with Crippen LogP contribution in [0.1, 0.15) is 0 Å². The molecule has 1 aromatic heterocycles. The maximum atomic E-state index is 3.78. The third-order valence-corrected chi connectivity index (χ3v) is 1.64. The second kappa shape index (κ2) is 1.43. The van der Waals surface area contributed by atoms with Crippen LogP contribution in [-0.4, -0.2) is 4.37 Å². The van der Waals surface area contributed by atoms with Crippen molar-refractivity contribution in [3.05, 3.63) is 10.2 Å². The van der Waals surface area contributed by atoms with Crippen LogP contribution in [0.5, 0.6) is 0 Å². The van der Waals surface area contributed by atoms with Crippen LogP contribution < -0.4 is 0 Å². The number of aromatic nitrogens is 1. The van der Waals surface area contributed by atoms with Gasteiger partial charge in [-0.2, -0.15) is 0 Å². The normalized spacial score (nSPS) is 8.00. The maximum Gasteiger partial charge on any atom is 0.267 e. The number of hydrogen-bond acceptors (Lipinski definition) is 2. The Morgan fingerprint density at radius 2 is 2.80 bits per heavy atom. The third kappa shape index (κ3) is 0.629. The Labute approximate surface area is 38.1 Å². The van der Waals surface area contributed by atoms with Crippen molar-refractivity contribution in [2.24, 2.45) is 0 Å². The monoisotopic (exact) mass is 104 g/mol. The van der Waals surface area contributed by atoms with E-state index in [2.05, 4.69) is 4.37 Å². The summed E-state index contributed by atoms with van der Waals surface area (Å²) in [6, 6.07) is 0. The summed E-state index contributed by atoms with van der Waals surface area (Å²) >= 11 is 3.10. The number of rotatable bonds is 0. The first-order chi connectivity index (χ1) is 2.50. The molecule has 0 spiro atoms. The molecule has 0 bridgehead atoms. The van der Waals surface area contributed by atoms with E-state index in [9.17, 15) is 0 Å². The molecule has 1 rings (SSSR count). The van der Waals surface area contributed by atoms with E-state index in [1.54, 1.807) is 11.3 Å². The lowest BCUT2D eigenvalue weighted by Gasteiger charge is -1.23.